The van der Waals surface area contributed by atoms with E-state index >= 15 is 0 Å². The van der Waals surface area contributed by atoms with Crippen molar-refractivity contribution in [2.75, 3.05) is 25.9 Å². The van der Waals surface area contributed by atoms with Crippen molar-refractivity contribution in [2.45, 2.75) is 37.4 Å². The van der Waals surface area contributed by atoms with Crippen LogP contribution in [-0.4, -0.2) is 46.6 Å². The second kappa shape index (κ2) is 7.19. The molecule has 1 rings (SSSR count). The number of carbonyl (C=O) groups excluding carboxylic acids is 1. The van der Waals surface area contributed by atoms with E-state index < -0.39 is 0 Å². The number of hydrogen-bond donors (Lipinski definition) is 2. The third-order valence-electron chi connectivity index (χ3n) is 3.50. The zero-order chi connectivity index (χ0) is 13.6. The number of hydrogen-bond acceptors (Lipinski definition) is 3. The Morgan fingerprint density at radius 1 is 1.50 bits per heavy atom. The number of nitrogens with one attached hydrogen (secondary N) is 1. The Kier molecular flexibility index (Phi) is 6.21. The predicted octanol–water partition coefficient (Wildman–Crippen LogP) is 1.98. The largest absolute Gasteiger partial charge is 0.392 e. The number of amides is 2. The quantitative estimate of drug-likeness (QED) is 0.600. The van der Waals surface area contributed by atoms with Gasteiger partial charge in [-0.2, -0.15) is 11.8 Å². The van der Waals surface area contributed by atoms with E-state index in [9.17, 15) is 4.79 Å². The first kappa shape index (κ1) is 15.6. The van der Waals surface area contributed by atoms with Crippen molar-refractivity contribution in [1.82, 2.24) is 10.2 Å². The molecule has 1 heterocycles. The molecule has 0 aromatic rings. The fourth-order valence-corrected chi connectivity index (χ4v) is 3.35. The number of piperidine rings is 1. The van der Waals surface area contributed by atoms with Crippen molar-refractivity contribution in [2.24, 2.45) is 5.73 Å². The highest BCUT2D eigenvalue weighted by Crippen LogP contribution is 2.34. The highest BCUT2D eigenvalue weighted by molar-refractivity contribution is 8.02. The summed E-state index contributed by atoms with van der Waals surface area (Å²) in [6.07, 6.45) is 5.87. The van der Waals surface area contributed by atoms with E-state index in [1.54, 1.807) is 11.8 Å². The first-order chi connectivity index (χ1) is 8.55. The summed E-state index contributed by atoms with van der Waals surface area (Å²) in [4.78, 5) is 14.3. The van der Waals surface area contributed by atoms with Crippen LogP contribution in [-0.2, 0) is 0 Å². The fraction of sp³-hybridized carbons (Fsp3) is 0.833. The lowest BCUT2D eigenvalue weighted by atomic mass is 9.96. The molecule has 0 saturated carbocycles. The van der Waals surface area contributed by atoms with Gasteiger partial charge in [-0.1, -0.05) is 25.6 Å². The molecule has 0 bridgehead atoms. The lowest BCUT2D eigenvalue weighted by molar-refractivity contribution is 0.184. The van der Waals surface area contributed by atoms with Crippen LogP contribution in [0.5, 0.6) is 0 Å². The molecule has 2 amide bonds. The van der Waals surface area contributed by atoms with Crippen LogP contribution < -0.4 is 11.1 Å². The Labute approximate surface area is 119 Å². The topological polar surface area (TPSA) is 58.4 Å². The van der Waals surface area contributed by atoms with Crippen molar-refractivity contribution in [1.29, 1.82) is 0 Å². The summed E-state index contributed by atoms with van der Waals surface area (Å²) >= 11 is 6.87. The normalized spacial score (nSPS) is 18.4. The molecule has 0 radical (unpaired) electrons. The maximum Gasteiger partial charge on any atom is 0.317 e. The molecule has 1 fully saturated rings. The van der Waals surface area contributed by atoms with Crippen molar-refractivity contribution in [3.05, 3.63) is 0 Å². The average molecular weight is 289 g/mol. The van der Waals surface area contributed by atoms with Crippen LogP contribution in [0.2, 0.25) is 0 Å². The molecule has 0 spiro atoms. The molecule has 1 saturated heterocycles. The summed E-state index contributed by atoms with van der Waals surface area (Å²) in [6.45, 7) is 4.34. The Bertz CT molecular complexity index is 302. The number of unbranched alkanes of at least 4 members (excludes halogenated alkanes) is 1. The van der Waals surface area contributed by atoms with E-state index in [2.05, 4.69) is 12.2 Å². The van der Waals surface area contributed by atoms with Gasteiger partial charge in [0, 0.05) is 19.6 Å². The van der Waals surface area contributed by atoms with Gasteiger partial charge in [-0.15, -0.1) is 0 Å². The molecule has 0 aliphatic carbocycles. The van der Waals surface area contributed by atoms with Crippen molar-refractivity contribution < 1.29 is 4.79 Å². The van der Waals surface area contributed by atoms with E-state index in [0.29, 0.717) is 4.99 Å². The molecule has 0 unspecified atom stereocenters. The lowest BCUT2D eigenvalue weighted by Crippen LogP contribution is -2.52. The monoisotopic (exact) mass is 289 g/mol. The summed E-state index contributed by atoms with van der Waals surface area (Å²) in [5, 5.41) is 2.94. The third-order valence-corrected chi connectivity index (χ3v) is 5.43. The SMILES string of the molecule is CCCCNC(=O)N1CCC(SC)(C(N)=S)CC1. The molecule has 0 atom stereocenters. The second-order valence-electron chi connectivity index (χ2n) is 4.64. The van der Waals surface area contributed by atoms with Crippen LogP contribution in [0.1, 0.15) is 32.6 Å². The van der Waals surface area contributed by atoms with Crippen LogP contribution in [0.3, 0.4) is 0 Å². The fourth-order valence-electron chi connectivity index (χ4n) is 2.11. The summed E-state index contributed by atoms with van der Waals surface area (Å²) in [7, 11) is 0. The number of nitrogens with two attached hydrogens (primary N) is 1. The number of nitrogens with zero attached hydrogens (tertiary/aromatic N) is 1. The predicted molar refractivity (Wildman–Crippen MR) is 82.1 cm³/mol. The molecule has 4 nitrogen and oxygen atoms in total. The summed E-state index contributed by atoms with van der Waals surface area (Å²) in [5.41, 5.74) is 5.82. The number of likely N-dealkylation sites (tertiary alicyclic amines) is 1. The summed E-state index contributed by atoms with van der Waals surface area (Å²) < 4.78 is -0.116. The minimum Gasteiger partial charge on any atom is -0.392 e. The Balaban J connectivity index is 2.43. The summed E-state index contributed by atoms with van der Waals surface area (Å²) in [6, 6.07) is 0.0427. The lowest BCUT2D eigenvalue weighted by Gasteiger charge is -2.39. The molecule has 0 aromatic carbocycles. The first-order valence-corrected chi connectivity index (χ1v) is 8.07. The highest BCUT2D eigenvalue weighted by atomic mass is 32.2. The molecule has 1 aliphatic rings. The minimum absolute atomic E-state index is 0.0427. The third kappa shape index (κ3) is 3.75. The Morgan fingerprint density at radius 2 is 2.11 bits per heavy atom. The molecule has 6 heteroatoms. The van der Waals surface area contributed by atoms with Gasteiger partial charge >= 0.3 is 6.03 Å². The van der Waals surface area contributed by atoms with Gasteiger partial charge in [-0.3, -0.25) is 0 Å². The zero-order valence-electron chi connectivity index (χ0n) is 11.2. The van der Waals surface area contributed by atoms with Crippen LogP contribution in [0.4, 0.5) is 4.79 Å². The van der Waals surface area contributed by atoms with E-state index in [4.69, 9.17) is 18.0 Å². The maximum absolute atomic E-state index is 11.9. The smallest absolute Gasteiger partial charge is 0.317 e. The number of urea groups is 1. The maximum atomic E-state index is 11.9. The van der Waals surface area contributed by atoms with Gasteiger partial charge in [-0.05, 0) is 25.5 Å². The van der Waals surface area contributed by atoms with E-state index in [1.165, 1.54) is 0 Å². The Morgan fingerprint density at radius 3 is 2.56 bits per heavy atom. The molecule has 0 aromatic heterocycles. The standard InChI is InChI=1S/C12H23N3OS2/c1-3-4-7-14-11(16)15-8-5-12(18-2,6-9-15)10(13)17/h3-9H2,1-2H3,(H2,13,17)(H,14,16). The first-order valence-electron chi connectivity index (χ1n) is 6.43. The molecular formula is C12H23N3OS2. The Hall–Kier alpha value is -0.490. The van der Waals surface area contributed by atoms with Gasteiger partial charge in [0.2, 0.25) is 0 Å². The van der Waals surface area contributed by atoms with Crippen LogP contribution in [0, 0.1) is 0 Å². The number of thioether (sulfide) groups is 1. The zero-order valence-corrected chi connectivity index (χ0v) is 12.8. The van der Waals surface area contributed by atoms with E-state index in [1.807, 2.05) is 11.2 Å². The highest BCUT2D eigenvalue weighted by Gasteiger charge is 2.37. The minimum atomic E-state index is -0.116. The van der Waals surface area contributed by atoms with Crippen LogP contribution >= 0.6 is 24.0 Å². The number of carbonyl (C=O) groups is 1. The summed E-state index contributed by atoms with van der Waals surface area (Å²) in [5.74, 6) is 0. The molecule has 18 heavy (non-hydrogen) atoms. The van der Waals surface area contributed by atoms with Gasteiger partial charge < -0.3 is 16.0 Å². The van der Waals surface area contributed by atoms with Gasteiger partial charge in [0.05, 0.1) is 9.74 Å². The molecule has 104 valence electrons. The molecule has 1 aliphatic heterocycles. The van der Waals surface area contributed by atoms with Crippen molar-refractivity contribution in [3.63, 3.8) is 0 Å². The van der Waals surface area contributed by atoms with Gasteiger partial charge in [0.1, 0.15) is 0 Å². The number of thiocarbonyl (C=S) groups is 1. The second-order valence-corrected chi connectivity index (χ2v) is 6.26. The van der Waals surface area contributed by atoms with Crippen molar-refractivity contribution in [3.8, 4) is 0 Å². The van der Waals surface area contributed by atoms with Crippen molar-refractivity contribution >= 4 is 35.0 Å². The van der Waals surface area contributed by atoms with Crippen LogP contribution in [0.25, 0.3) is 0 Å². The number of rotatable bonds is 5. The average Bonchev–Trinajstić information content (AvgIpc) is 2.38. The van der Waals surface area contributed by atoms with Gasteiger partial charge in [0.15, 0.2) is 0 Å². The van der Waals surface area contributed by atoms with Gasteiger partial charge in [-0.25, -0.2) is 4.79 Å². The van der Waals surface area contributed by atoms with E-state index in [0.717, 1.165) is 45.3 Å². The molecular weight excluding hydrogens is 266 g/mol. The van der Waals surface area contributed by atoms with E-state index in [-0.39, 0.29) is 10.8 Å². The van der Waals surface area contributed by atoms with Crippen LogP contribution in [0.15, 0.2) is 0 Å². The van der Waals surface area contributed by atoms with Gasteiger partial charge in [0.25, 0.3) is 0 Å². The molecule has 3 N–H and O–H groups in total.